The summed E-state index contributed by atoms with van der Waals surface area (Å²) in [5.74, 6) is 1.33. The molecule has 0 fully saturated rings. The van der Waals surface area contributed by atoms with E-state index in [1.54, 1.807) is 26.5 Å². The van der Waals surface area contributed by atoms with E-state index in [1.807, 2.05) is 60.7 Å². The number of ether oxygens (including phenoxy) is 3. The van der Waals surface area contributed by atoms with Gasteiger partial charge in [0.15, 0.2) is 11.5 Å². The van der Waals surface area contributed by atoms with Gasteiger partial charge < -0.3 is 14.2 Å². The second kappa shape index (κ2) is 10.8. The molecule has 184 valence electrons. The summed E-state index contributed by atoms with van der Waals surface area (Å²) in [5, 5.41) is 8.43. The lowest BCUT2D eigenvalue weighted by Crippen LogP contribution is -2.18. The van der Waals surface area contributed by atoms with Gasteiger partial charge in [0.1, 0.15) is 12.4 Å². The van der Waals surface area contributed by atoms with E-state index in [0.717, 1.165) is 21.9 Å². The Bertz CT molecular complexity index is 1610. The molecule has 5 rings (SSSR count). The highest BCUT2D eigenvalue weighted by Crippen LogP contribution is 2.29. The number of hydrazone groups is 1. The highest BCUT2D eigenvalue weighted by molar-refractivity contribution is 6.02. The second-order valence-corrected chi connectivity index (χ2v) is 8.48. The van der Waals surface area contributed by atoms with Crippen LogP contribution in [0.4, 0.5) is 0 Å². The van der Waals surface area contributed by atoms with Crippen molar-refractivity contribution in [3.63, 3.8) is 0 Å². The Hall–Kier alpha value is -4.84. The summed E-state index contributed by atoms with van der Waals surface area (Å²) in [6.45, 7) is 0.415. The third kappa shape index (κ3) is 5.38. The fourth-order valence-corrected chi connectivity index (χ4v) is 4.16. The number of carbonyl (C=O) groups excluding carboxylic acids is 1. The Morgan fingerprint density at radius 2 is 1.41 bits per heavy atom. The van der Waals surface area contributed by atoms with Crippen LogP contribution in [0.3, 0.4) is 0 Å². The van der Waals surface area contributed by atoms with Crippen LogP contribution in [-0.2, 0) is 6.61 Å². The third-order valence-electron chi connectivity index (χ3n) is 6.09. The molecule has 0 aliphatic heterocycles. The maximum atomic E-state index is 12.8. The van der Waals surface area contributed by atoms with Crippen molar-refractivity contribution in [3.05, 3.63) is 114 Å². The van der Waals surface area contributed by atoms with Crippen molar-refractivity contribution in [3.8, 4) is 17.2 Å². The first kappa shape index (κ1) is 23.9. The maximum Gasteiger partial charge on any atom is 0.275 e. The molecule has 0 bridgehead atoms. The summed E-state index contributed by atoms with van der Waals surface area (Å²) in [6.07, 6.45) is 1.56. The van der Waals surface area contributed by atoms with Gasteiger partial charge in [-0.1, -0.05) is 60.7 Å². The zero-order valence-corrected chi connectivity index (χ0v) is 20.6. The summed E-state index contributed by atoms with van der Waals surface area (Å²) >= 11 is 0. The molecule has 0 spiro atoms. The van der Waals surface area contributed by atoms with Gasteiger partial charge in [0.05, 0.1) is 26.0 Å². The van der Waals surface area contributed by atoms with Crippen molar-refractivity contribution in [2.75, 3.05) is 14.2 Å². The first-order valence-corrected chi connectivity index (χ1v) is 11.8. The summed E-state index contributed by atoms with van der Waals surface area (Å²) in [6, 6.07) is 31.4. The van der Waals surface area contributed by atoms with Crippen LogP contribution in [0.25, 0.3) is 21.5 Å². The fraction of sp³-hybridized carbons (Fsp3) is 0.0968. The lowest BCUT2D eigenvalue weighted by molar-refractivity contribution is 0.0952. The number of fused-ring (bicyclic) bond motifs is 2. The van der Waals surface area contributed by atoms with Crippen molar-refractivity contribution < 1.29 is 19.0 Å². The minimum atomic E-state index is -0.360. The zero-order chi connectivity index (χ0) is 25.6. The molecule has 1 amide bonds. The number of amides is 1. The number of methoxy groups -OCH3 is 2. The number of hydrogen-bond acceptors (Lipinski definition) is 5. The number of nitrogens with zero attached hydrogens (tertiary/aromatic N) is 1. The van der Waals surface area contributed by atoms with Crippen LogP contribution in [-0.4, -0.2) is 26.3 Å². The molecule has 0 heterocycles. The molecule has 0 unspecified atom stereocenters. The minimum absolute atomic E-state index is 0.360. The molecule has 5 aromatic carbocycles. The molecule has 0 saturated heterocycles. The molecule has 6 heteroatoms. The normalized spacial score (nSPS) is 11.1. The lowest BCUT2D eigenvalue weighted by atomic mass is 10.1. The van der Waals surface area contributed by atoms with Crippen LogP contribution in [0.2, 0.25) is 0 Å². The maximum absolute atomic E-state index is 12.8. The third-order valence-corrected chi connectivity index (χ3v) is 6.09. The Balaban J connectivity index is 1.26. The standard InChI is InChI=1S/C31H26N2O4/c1-35-29-18-26-10-6-5-9-25(26)17-27(29)31(34)33-32-19-21-12-14-28(30(16-21)36-2)37-20-22-11-13-23-7-3-4-8-24(23)15-22/h3-19H,20H2,1-2H3,(H,33,34). The Morgan fingerprint density at radius 1 is 0.730 bits per heavy atom. The van der Waals surface area contributed by atoms with Gasteiger partial charge in [0.2, 0.25) is 0 Å². The van der Waals surface area contributed by atoms with Gasteiger partial charge in [-0.25, -0.2) is 5.43 Å². The monoisotopic (exact) mass is 490 g/mol. The van der Waals surface area contributed by atoms with E-state index in [0.29, 0.717) is 29.4 Å². The van der Waals surface area contributed by atoms with E-state index in [1.165, 1.54) is 10.8 Å². The average Bonchev–Trinajstić information content (AvgIpc) is 2.95. The number of benzene rings is 5. The SMILES string of the molecule is COc1cc(C=NNC(=O)c2cc3ccccc3cc2OC)ccc1OCc1ccc2ccccc2c1. The van der Waals surface area contributed by atoms with E-state index in [9.17, 15) is 4.79 Å². The predicted molar refractivity (Wildman–Crippen MR) is 147 cm³/mol. The van der Waals surface area contributed by atoms with Crippen molar-refractivity contribution in [1.82, 2.24) is 5.43 Å². The molecular weight excluding hydrogens is 464 g/mol. The van der Waals surface area contributed by atoms with Gasteiger partial charge in [0.25, 0.3) is 5.91 Å². The van der Waals surface area contributed by atoms with Gasteiger partial charge in [0, 0.05) is 0 Å². The number of nitrogens with one attached hydrogen (secondary N) is 1. The predicted octanol–water partition coefficient (Wildman–Crippen LogP) is 6.35. The number of hydrogen-bond donors (Lipinski definition) is 1. The van der Waals surface area contributed by atoms with Crippen LogP contribution in [0.5, 0.6) is 17.2 Å². The van der Waals surface area contributed by atoms with E-state index in [2.05, 4.69) is 40.9 Å². The molecule has 6 nitrogen and oxygen atoms in total. The smallest absolute Gasteiger partial charge is 0.275 e. The first-order chi connectivity index (χ1) is 18.1. The molecule has 37 heavy (non-hydrogen) atoms. The summed E-state index contributed by atoms with van der Waals surface area (Å²) in [4.78, 5) is 12.8. The van der Waals surface area contributed by atoms with Crippen LogP contribution >= 0.6 is 0 Å². The van der Waals surface area contributed by atoms with Crippen LogP contribution < -0.4 is 19.6 Å². The Kier molecular flexibility index (Phi) is 6.99. The summed E-state index contributed by atoms with van der Waals surface area (Å²) < 4.78 is 17.0. The van der Waals surface area contributed by atoms with Crippen molar-refractivity contribution in [2.24, 2.45) is 5.10 Å². The van der Waals surface area contributed by atoms with E-state index in [4.69, 9.17) is 14.2 Å². The van der Waals surface area contributed by atoms with Gasteiger partial charge in [-0.3, -0.25) is 4.79 Å². The van der Waals surface area contributed by atoms with Crippen molar-refractivity contribution >= 4 is 33.7 Å². The van der Waals surface area contributed by atoms with Crippen molar-refractivity contribution in [2.45, 2.75) is 6.61 Å². The van der Waals surface area contributed by atoms with Gasteiger partial charge in [-0.2, -0.15) is 5.10 Å². The van der Waals surface area contributed by atoms with Gasteiger partial charge in [-0.15, -0.1) is 0 Å². The molecule has 0 aliphatic carbocycles. The quantitative estimate of drug-likeness (QED) is 0.203. The van der Waals surface area contributed by atoms with Crippen LogP contribution in [0.15, 0.2) is 102 Å². The lowest BCUT2D eigenvalue weighted by Gasteiger charge is -2.12. The molecular formula is C31H26N2O4. The molecule has 5 aromatic rings. The van der Waals surface area contributed by atoms with Gasteiger partial charge in [-0.05, 0) is 69.1 Å². The molecule has 1 N–H and O–H groups in total. The number of carbonyl (C=O) groups is 1. The largest absolute Gasteiger partial charge is 0.496 e. The van der Waals surface area contributed by atoms with E-state index in [-0.39, 0.29) is 5.91 Å². The van der Waals surface area contributed by atoms with Crippen molar-refractivity contribution in [1.29, 1.82) is 0 Å². The second-order valence-electron chi connectivity index (χ2n) is 8.48. The van der Waals surface area contributed by atoms with Gasteiger partial charge >= 0.3 is 0 Å². The fourth-order valence-electron chi connectivity index (χ4n) is 4.16. The van der Waals surface area contributed by atoms with Crippen LogP contribution in [0, 0.1) is 0 Å². The summed E-state index contributed by atoms with van der Waals surface area (Å²) in [7, 11) is 3.13. The highest BCUT2D eigenvalue weighted by Gasteiger charge is 2.13. The van der Waals surface area contributed by atoms with E-state index < -0.39 is 0 Å². The minimum Gasteiger partial charge on any atom is -0.496 e. The Morgan fingerprint density at radius 3 is 2.14 bits per heavy atom. The Labute approximate surface area is 215 Å². The molecule has 0 aliphatic rings. The summed E-state index contributed by atoms with van der Waals surface area (Å²) in [5.41, 5.74) is 4.81. The average molecular weight is 491 g/mol. The molecule has 0 aromatic heterocycles. The molecule has 0 radical (unpaired) electrons. The highest BCUT2D eigenvalue weighted by atomic mass is 16.5. The topological polar surface area (TPSA) is 69.2 Å². The first-order valence-electron chi connectivity index (χ1n) is 11.8. The van der Waals surface area contributed by atoms with Crippen LogP contribution in [0.1, 0.15) is 21.5 Å². The zero-order valence-electron chi connectivity index (χ0n) is 20.6. The molecule has 0 saturated carbocycles. The van der Waals surface area contributed by atoms with E-state index >= 15 is 0 Å². The number of rotatable bonds is 8. The molecule has 0 atom stereocenters.